The number of rotatable bonds is 4. The summed E-state index contributed by atoms with van der Waals surface area (Å²) < 4.78 is 10.9. The minimum Gasteiger partial charge on any atom is -0.488 e. The van der Waals surface area contributed by atoms with Gasteiger partial charge in [-0.2, -0.15) is 0 Å². The van der Waals surface area contributed by atoms with Crippen LogP contribution in [0.1, 0.15) is 13.8 Å². The van der Waals surface area contributed by atoms with Crippen LogP contribution < -0.4 is 20.8 Å². The van der Waals surface area contributed by atoms with Gasteiger partial charge in [-0.3, -0.25) is 4.79 Å². The van der Waals surface area contributed by atoms with Crippen molar-refractivity contribution in [3.05, 3.63) is 40.2 Å². The maximum Gasteiger partial charge on any atom is 0.294 e. The van der Waals surface area contributed by atoms with Gasteiger partial charge in [-0.15, -0.1) is 0 Å². The number of methoxy groups -OCH3 is 1. The van der Waals surface area contributed by atoms with Crippen LogP contribution >= 0.6 is 0 Å². The van der Waals surface area contributed by atoms with Gasteiger partial charge in [0.15, 0.2) is 5.75 Å². The third kappa shape index (κ3) is 2.77. The molecule has 20 heavy (non-hydrogen) atoms. The lowest BCUT2D eigenvalue weighted by molar-refractivity contribution is 0.326. The molecule has 3 N–H and O–H groups in total. The highest BCUT2D eigenvalue weighted by atomic mass is 16.5. The van der Waals surface area contributed by atoms with Crippen LogP contribution in [0.25, 0.3) is 10.9 Å². The molecule has 0 fully saturated rings. The predicted molar refractivity (Wildman–Crippen MR) is 80.5 cm³/mol. The number of H-pyrrole nitrogens is 1. The quantitative estimate of drug-likeness (QED) is 0.663. The van der Waals surface area contributed by atoms with E-state index in [0.29, 0.717) is 23.6 Å². The number of nitrogens with two attached hydrogens (primary N) is 1. The van der Waals surface area contributed by atoms with Gasteiger partial charge in [0, 0.05) is 11.1 Å². The van der Waals surface area contributed by atoms with Crippen molar-refractivity contribution in [1.82, 2.24) is 4.98 Å². The van der Waals surface area contributed by atoms with Crippen molar-refractivity contribution < 1.29 is 9.47 Å². The number of nitrogen functional groups attached to an aromatic ring is 1. The van der Waals surface area contributed by atoms with Gasteiger partial charge in [0.1, 0.15) is 6.61 Å². The first-order chi connectivity index (χ1) is 9.52. The molecule has 0 saturated heterocycles. The summed E-state index contributed by atoms with van der Waals surface area (Å²) >= 11 is 0. The second kappa shape index (κ2) is 5.69. The average molecular weight is 274 g/mol. The standard InChI is InChI=1S/C15H18N2O3/c1-9(2)6-7-20-13-11-5-4-10(16)8-12(11)17-15(18)14(13)19-3/h4-6,8H,7,16H2,1-3H3,(H,17,18). The fraction of sp³-hybridized carbons (Fsp3) is 0.267. The average Bonchev–Trinajstić information content (AvgIpc) is 2.37. The molecule has 0 amide bonds. The molecule has 0 aliphatic heterocycles. The van der Waals surface area contributed by atoms with Crippen molar-refractivity contribution in [2.24, 2.45) is 0 Å². The summed E-state index contributed by atoms with van der Waals surface area (Å²) in [4.78, 5) is 14.7. The summed E-state index contributed by atoms with van der Waals surface area (Å²) in [5.74, 6) is 0.605. The van der Waals surface area contributed by atoms with Crippen LogP contribution in [0.4, 0.5) is 5.69 Å². The summed E-state index contributed by atoms with van der Waals surface area (Å²) in [6.07, 6.45) is 1.93. The predicted octanol–water partition coefficient (Wildman–Crippen LogP) is 2.46. The highest BCUT2D eigenvalue weighted by Gasteiger charge is 2.14. The molecule has 2 rings (SSSR count). The van der Waals surface area contributed by atoms with E-state index in [9.17, 15) is 4.79 Å². The van der Waals surface area contributed by atoms with E-state index in [1.807, 2.05) is 19.9 Å². The largest absolute Gasteiger partial charge is 0.488 e. The Morgan fingerprint density at radius 1 is 1.35 bits per heavy atom. The van der Waals surface area contributed by atoms with Gasteiger partial charge in [-0.1, -0.05) is 5.57 Å². The summed E-state index contributed by atoms with van der Waals surface area (Å²) in [5.41, 5.74) is 7.74. The van der Waals surface area contributed by atoms with Crippen molar-refractivity contribution in [3.8, 4) is 11.5 Å². The second-order valence-corrected chi connectivity index (χ2v) is 4.71. The molecule has 2 aromatic rings. The van der Waals surface area contributed by atoms with Crippen LogP contribution in [0, 0.1) is 0 Å². The van der Waals surface area contributed by atoms with Crippen molar-refractivity contribution in [3.63, 3.8) is 0 Å². The van der Waals surface area contributed by atoms with Gasteiger partial charge in [0.05, 0.1) is 12.6 Å². The Balaban J connectivity index is 2.58. The van der Waals surface area contributed by atoms with E-state index in [0.717, 1.165) is 11.0 Å². The topological polar surface area (TPSA) is 77.3 Å². The van der Waals surface area contributed by atoms with Gasteiger partial charge in [0.2, 0.25) is 5.75 Å². The first kappa shape index (κ1) is 14.0. The lowest BCUT2D eigenvalue weighted by atomic mass is 10.2. The zero-order valence-electron chi connectivity index (χ0n) is 11.8. The van der Waals surface area contributed by atoms with Crippen LogP contribution in [0.15, 0.2) is 34.6 Å². The monoisotopic (exact) mass is 274 g/mol. The Bertz CT molecular complexity index is 713. The highest BCUT2D eigenvalue weighted by molar-refractivity contribution is 5.89. The third-order valence-corrected chi connectivity index (χ3v) is 2.87. The van der Waals surface area contributed by atoms with Crippen LogP contribution in [0.5, 0.6) is 11.5 Å². The van der Waals surface area contributed by atoms with E-state index >= 15 is 0 Å². The first-order valence-corrected chi connectivity index (χ1v) is 6.28. The molecule has 0 bridgehead atoms. The number of ether oxygens (including phenoxy) is 2. The zero-order chi connectivity index (χ0) is 14.7. The zero-order valence-corrected chi connectivity index (χ0v) is 11.8. The number of benzene rings is 1. The smallest absolute Gasteiger partial charge is 0.294 e. The molecular formula is C15H18N2O3. The lowest BCUT2D eigenvalue weighted by Crippen LogP contribution is -2.12. The SMILES string of the molecule is COc1c(OCC=C(C)C)c2ccc(N)cc2[nH]c1=O. The number of allylic oxidation sites excluding steroid dienone is 1. The van der Waals surface area contributed by atoms with Crippen LogP contribution in [-0.4, -0.2) is 18.7 Å². The Morgan fingerprint density at radius 2 is 2.10 bits per heavy atom. The van der Waals surface area contributed by atoms with E-state index in [-0.39, 0.29) is 11.3 Å². The van der Waals surface area contributed by atoms with Gasteiger partial charge in [-0.05, 0) is 38.1 Å². The molecule has 106 valence electrons. The van der Waals surface area contributed by atoms with Gasteiger partial charge < -0.3 is 20.2 Å². The summed E-state index contributed by atoms with van der Waals surface area (Å²) in [5, 5.41) is 0.762. The van der Waals surface area contributed by atoms with Gasteiger partial charge in [-0.25, -0.2) is 0 Å². The van der Waals surface area contributed by atoms with Crippen molar-refractivity contribution >= 4 is 16.6 Å². The number of aromatic nitrogens is 1. The molecule has 0 aliphatic carbocycles. The van der Waals surface area contributed by atoms with Gasteiger partial charge >= 0.3 is 0 Å². The minimum absolute atomic E-state index is 0.171. The Hall–Kier alpha value is -2.43. The maximum absolute atomic E-state index is 12.0. The summed E-state index contributed by atoms with van der Waals surface area (Å²) in [7, 11) is 1.45. The van der Waals surface area contributed by atoms with Gasteiger partial charge in [0.25, 0.3) is 5.56 Å². The normalized spacial score (nSPS) is 10.3. The summed E-state index contributed by atoms with van der Waals surface area (Å²) in [6, 6.07) is 5.26. The van der Waals surface area contributed by atoms with Crippen LogP contribution in [0.3, 0.4) is 0 Å². The van der Waals surface area contributed by atoms with E-state index in [2.05, 4.69) is 4.98 Å². The van der Waals surface area contributed by atoms with E-state index < -0.39 is 0 Å². The molecule has 0 unspecified atom stereocenters. The Morgan fingerprint density at radius 3 is 2.75 bits per heavy atom. The number of aromatic amines is 1. The van der Waals surface area contributed by atoms with E-state index in [4.69, 9.17) is 15.2 Å². The molecule has 0 aliphatic rings. The maximum atomic E-state index is 12.0. The summed E-state index contributed by atoms with van der Waals surface area (Å²) in [6.45, 7) is 4.34. The number of hydrogen-bond acceptors (Lipinski definition) is 4. The molecule has 0 atom stereocenters. The minimum atomic E-state index is -0.335. The Labute approximate surface area is 117 Å². The molecule has 1 heterocycles. The first-order valence-electron chi connectivity index (χ1n) is 6.28. The molecule has 0 saturated carbocycles. The van der Waals surface area contributed by atoms with E-state index in [1.165, 1.54) is 7.11 Å². The number of nitrogens with one attached hydrogen (secondary N) is 1. The highest BCUT2D eigenvalue weighted by Crippen LogP contribution is 2.32. The van der Waals surface area contributed by atoms with Crippen molar-refractivity contribution in [2.75, 3.05) is 19.5 Å². The number of hydrogen-bond donors (Lipinski definition) is 2. The number of pyridine rings is 1. The molecule has 1 aromatic carbocycles. The van der Waals surface area contributed by atoms with Crippen molar-refractivity contribution in [2.45, 2.75) is 13.8 Å². The fourth-order valence-electron chi connectivity index (χ4n) is 1.89. The van der Waals surface area contributed by atoms with Crippen molar-refractivity contribution in [1.29, 1.82) is 0 Å². The van der Waals surface area contributed by atoms with Crippen LogP contribution in [0.2, 0.25) is 0 Å². The van der Waals surface area contributed by atoms with Crippen LogP contribution in [-0.2, 0) is 0 Å². The lowest BCUT2D eigenvalue weighted by Gasteiger charge is -2.12. The molecule has 5 nitrogen and oxygen atoms in total. The molecule has 5 heteroatoms. The molecule has 0 spiro atoms. The Kier molecular flexibility index (Phi) is 3.98. The molecule has 0 radical (unpaired) electrons. The van der Waals surface area contributed by atoms with E-state index in [1.54, 1.807) is 18.2 Å². The molecule has 1 aromatic heterocycles. The second-order valence-electron chi connectivity index (χ2n) is 4.71. The number of fused-ring (bicyclic) bond motifs is 1. The fourth-order valence-corrected chi connectivity index (χ4v) is 1.89. The third-order valence-electron chi connectivity index (χ3n) is 2.87. The number of anilines is 1. The molecular weight excluding hydrogens is 256 g/mol.